The Hall–Kier alpha value is -1.56. The van der Waals surface area contributed by atoms with Gasteiger partial charge >= 0.3 is 0 Å². The lowest BCUT2D eigenvalue weighted by atomic mass is 9.87. The summed E-state index contributed by atoms with van der Waals surface area (Å²) in [5.74, 6) is 0.993. The van der Waals surface area contributed by atoms with Crippen LogP contribution in [-0.4, -0.2) is 0 Å². The molecule has 0 amide bonds. The highest BCUT2D eigenvalue weighted by atomic mass is 14.2. The topological polar surface area (TPSA) is 0 Å². The third kappa shape index (κ3) is 4.20. The highest BCUT2D eigenvalue weighted by Crippen LogP contribution is 2.29. The SMILES string of the molecule is [CH2]C(CCC(C)c1ccccc1C)c1ccc(CC)cc1. The summed E-state index contributed by atoms with van der Waals surface area (Å²) in [5, 5.41) is 0. The molecule has 1 radical (unpaired) electrons. The third-order valence-electron chi connectivity index (χ3n) is 4.53. The molecular formula is C21H27. The summed E-state index contributed by atoms with van der Waals surface area (Å²) < 4.78 is 0. The molecule has 0 heteroatoms. The van der Waals surface area contributed by atoms with Crippen molar-refractivity contribution in [1.82, 2.24) is 0 Å². The van der Waals surface area contributed by atoms with E-state index in [-0.39, 0.29) is 0 Å². The first kappa shape index (κ1) is 15.8. The van der Waals surface area contributed by atoms with Gasteiger partial charge in [-0.3, -0.25) is 0 Å². The summed E-state index contributed by atoms with van der Waals surface area (Å²) in [7, 11) is 0. The fraction of sp³-hybridized carbons (Fsp3) is 0.381. The molecule has 2 rings (SSSR count). The molecule has 2 atom stereocenters. The molecule has 0 nitrogen and oxygen atoms in total. The smallest absolute Gasteiger partial charge is 0.0162 e. The highest BCUT2D eigenvalue weighted by Gasteiger charge is 2.11. The van der Waals surface area contributed by atoms with Gasteiger partial charge in [0.25, 0.3) is 0 Å². The van der Waals surface area contributed by atoms with Gasteiger partial charge in [-0.15, -0.1) is 0 Å². The summed E-state index contributed by atoms with van der Waals surface area (Å²) in [6, 6.07) is 17.7. The molecule has 0 aliphatic carbocycles. The molecular weight excluding hydrogens is 252 g/mol. The number of hydrogen-bond donors (Lipinski definition) is 0. The number of hydrogen-bond acceptors (Lipinski definition) is 0. The first-order valence-corrected chi connectivity index (χ1v) is 8.09. The fourth-order valence-electron chi connectivity index (χ4n) is 2.94. The van der Waals surface area contributed by atoms with Crippen LogP contribution in [0.2, 0.25) is 0 Å². The molecule has 21 heavy (non-hydrogen) atoms. The molecule has 111 valence electrons. The van der Waals surface area contributed by atoms with Crippen LogP contribution in [0.3, 0.4) is 0 Å². The second-order valence-electron chi connectivity index (χ2n) is 6.13. The van der Waals surface area contributed by atoms with Crippen molar-refractivity contribution in [2.24, 2.45) is 0 Å². The summed E-state index contributed by atoms with van der Waals surface area (Å²) in [5.41, 5.74) is 5.65. The molecule has 2 aromatic carbocycles. The highest BCUT2D eigenvalue weighted by molar-refractivity contribution is 5.29. The van der Waals surface area contributed by atoms with Crippen LogP contribution < -0.4 is 0 Å². The van der Waals surface area contributed by atoms with Crippen molar-refractivity contribution < 1.29 is 0 Å². The van der Waals surface area contributed by atoms with Crippen molar-refractivity contribution >= 4 is 0 Å². The maximum Gasteiger partial charge on any atom is -0.0162 e. The third-order valence-corrected chi connectivity index (χ3v) is 4.53. The van der Waals surface area contributed by atoms with E-state index < -0.39 is 0 Å². The van der Waals surface area contributed by atoms with Crippen molar-refractivity contribution in [3.63, 3.8) is 0 Å². The van der Waals surface area contributed by atoms with Gasteiger partial charge in [0.2, 0.25) is 0 Å². The van der Waals surface area contributed by atoms with Crippen LogP contribution in [0.25, 0.3) is 0 Å². The molecule has 0 spiro atoms. The Labute approximate surface area is 130 Å². The quantitative estimate of drug-likeness (QED) is 0.603. The van der Waals surface area contributed by atoms with Crippen LogP contribution in [0.1, 0.15) is 60.8 Å². The molecule has 0 bridgehead atoms. The predicted octanol–water partition coefficient (Wildman–Crippen LogP) is 6.06. The zero-order valence-corrected chi connectivity index (χ0v) is 13.6. The van der Waals surface area contributed by atoms with E-state index in [0.717, 1.165) is 12.8 Å². The summed E-state index contributed by atoms with van der Waals surface area (Å²) in [6.07, 6.45) is 3.43. The first-order valence-electron chi connectivity index (χ1n) is 8.09. The molecule has 0 N–H and O–H groups in total. The normalized spacial score (nSPS) is 13.9. The lowest BCUT2D eigenvalue weighted by Crippen LogP contribution is -2.01. The average Bonchev–Trinajstić information content (AvgIpc) is 2.52. The molecule has 0 saturated heterocycles. The Balaban J connectivity index is 1.94. The monoisotopic (exact) mass is 279 g/mol. The van der Waals surface area contributed by atoms with Gasteiger partial charge in [0.05, 0.1) is 0 Å². The second kappa shape index (κ2) is 7.45. The number of aryl methyl sites for hydroxylation is 2. The van der Waals surface area contributed by atoms with E-state index >= 15 is 0 Å². The van der Waals surface area contributed by atoms with Gasteiger partial charge in [-0.05, 0) is 67.2 Å². The lowest BCUT2D eigenvalue weighted by Gasteiger charge is -2.18. The van der Waals surface area contributed by atoms with Crippen molar-refractivity contribution in [3.8, 4) is 0 Å². The van der Waals surface area contributed by atoms with Crippen LogP contribution in [0.4, 0.5) is 0 Å². The largest absolute Gasteiger partial charge is 0.0620 e. The van der Waals surface area contributed by atoms with Gasteiger partial charge in [-0.1, -0.05) is 62.4 Å². The van der Waals surface area contributed by atoms with E-state index in [1.165, 1.54) is 28.7 Å². The van der Waals surface area contributed by atoms with Crippen LogP contribution in [-0.2, 0) is 6.42 Å². The molecule has 0 saturated carbocycles. The molecule has 2 aromatic rings. The van der Waals surface area contributed by atoms with Crippen LogP contribution in [0.5, 0.6) is 0 Å². The minimum Gasteiger partial charge on any atom is -0.0620 e. The Morgan fingerprint density at radius 1 is 0.952 bits per heavy atom. The second-order valence-corrected chi connectivity index (χ2v) is 6.13. The van der Waals surface area contributed by atoms with E-state index in [1.54, 1.807) is 0 Å². The molecule has 0 fully saturated rings. The standard InChI is InChI=1S/C21H27/c1-5-19-12-14-20(15-13-19)16(2)10-11-18(4)21-9-7-6-8-17(21)3/h6-9,12-16,18H,2,5,10-11H2,1,3-4H3. The van der Waals surface area contributed by atoms with Crippen molar-refractivity contribution in [3.05, 3.63) is 77.7 Å². The molecule has 0 heterocycles. The Kier molecular flexibility index (Phi) is 5.61. The zero-order chi connectivity index (χ0) is 15.2. The molecule has 0 aliphatic rings. The van der Waals surface area contributed by atoms with E-state index in [1.807, 2.05) is 0 Å². The Morgan fingerprint density at radius 2 is 1.62 bits per heavy atom. The van der Waals surface area contributed by atoms with Gasteiger partial charge in [-0.25, -0.2) is 0 Å². The fourth-order valence-corrected chi connectivity index (χ4v) is 2.94. The lowest BCUT2D eigenvalue weighted by molar-refractivity contribution is 0.596. The van der Waals surface area contributed by atoms with Gasteiger partial charge in [0.15, 0.2) is 0 Å². The Bertz CT molecular complexity index is 551. The minimum atomic E-state index is 0.391. The number of benzene rings is 2. The van der Waals surface area contributed by atoms with Gasteiger partial charge in [0.1, 0.15) is 0 Å². The van der Waals surface area contributed by atoms with Crippen LogP contribution >= 0.6 is 0 Å². The van der Waals surface area contributed by atoms with Crippen molar-refractivity contribution in [2.45, 2.75) is 51.9 Å². The van der Waals surface area contributed by atoms with Gasteiger partial charge in [0, 0.05) is 0 Å². The van der Waals surface area contributed by atoms with Gasteiger partial charge in [-0.2, -0.15) is 0 Å². The summed E-state index contributed by atoms with van der Waals surface area (Å²) in [6.45, 7) is 11.1. The van der Waals surface area contributed by atoms with Crippen molar-refractivity contribution in [2.75, 3.05) is 0 Å². The predicted molar refractivity (Wildman–Crippen MR) is 92.7 cm³/mol. The molecule has 0 aromatic heterocycles. The molecule has 2 unspecified atom stereocenters. The van der Waals surface area contributed by atoms with Gasteiger partial charge < -0.3 is 0 Å². The maximum absolute atomic E-state index is 4.35. The van der Waals surface area contributed by atoms with E-state index in [2.05, 4.69) is 76.2 Å². The van der Waals surface area contributed by atoms with Crippen LogP contribution in [0, 0.1) is 13.8 Å². The Morgan fingerprint density at radius 3 is 2.24 bits per heavy atom. The number of rotatable bonds is 6. The summed E-state index contributed by atoms with van der Waals surface area (Å²) >= 11 is 0. The van der Waals surface area contributed by atoms with Crippen LogP contribution in [0.15, 0.2) is 48.5 Å². The van der Waals surface area contributed by atoms with E-state index in [0.29, 0.717) is 11.8 Å². The zero-order valence-electron chi connectivity index (χ0n) is 13.6. The van der Waals surface area contributed by atoms with Crippen molar-refractivity contribution in [1.29, 1.82) is 0 Å². The maximum atomic E-state index is 4.35. The summed E-state index contributed by atoms with van der Waals surface area (Å²) in [4.78, 5) is 0. The minimum absolute atomic E-state index is 0.391. The first-order chi connectivity index (χ1) is 10.1. The average molecular weight is 279 g/mol. The van der Waals surface area contributed by atoms with E-state index in [9.17, 15) is 0 Å². The molecule has 0 aliphatic heterocycles. The van der Waals surface area contributed by atoms with E-state index in [4.69, 9.17) is 0 Å².